The number of sulfonamides is 1. The number of amides is 1. The van der Waals surface area contributed by atoms with Crippen LogP contribution in [-0.4, -0.2) is 47.7 Å². The van der Waals surface area contributed by atoms with Gasteiger partial charge in [0.15, 0.2) is 0 Å². The van der Waals surface area contributed by atoms with Gasteiger partial charge in [0.25, 0.3) is 11.1 Å². The molecule has 1 saturated heterocycles. The molecule has 1 amide bonds. The quantitative estimate of drug-likeness (QED) is 0.530. The van der Waals surface area contributed by atoms with Crippen molar-refractivity contribution in [1.82, 2.24) is 14.5 Å². The third-order valence-corrected chi connectivity index (χ3v) is 7.61. The average molecular weight is 463 g/mol. The fourth-order valence-corrected chi connectivity index (χ4v) is 5.42. The molecule has 0 bridgehead atoms. The van der Waals surface area contributed by atoms with Crippen molar-refractivity contribution in [3.05, 3.63) is 42.4 Å². The molecular formula is C20H22N4O5S2. The van der Waals surface area contributed by atoms with Gasteiger partial charge in [0.1, 0.15) is 5.76 Å². The lowest BCUT2D eigenvalue weighted by atomic mass is 10.2. The standard InChI is InChI=1S/C20H22N4O5S2/c1-14-17(8-11-28-14)19-22-23-20(29-19)30-13-18(25)21-15-6-5-7-16(12-15)31(26,27)24-9-3-2-4-10-24/h5-8,11-12H,2-4,9-10,13H2,1H3,(H,21,25). The van der Waals surface area contributed by atoms with E-state index in [4.69, 9.17) is 8.83 Å². The predicted octanol–water partition coefficient (Wildman–Crippen LogP) is 3.54. The second-order valence-corrected chi connectivity index (χ2v) is 9.96. The number of aromatic nitrogens is 2. The highest BCUT2D eigenvalue weighted by atomic mass is 32.2. The molecule has 9 nitrogen and oxygen atoms in total. The van der Waals surface area contributed by atoms with Crippen molar-refractivity contribution in [1.29, 1.82) is 0 Å². The highest BCUT2D eigenvalue weighted by Gasteiger charge is 2.26. The first-order chi connectivity index (χ1) is 14.9. The van der Waals surface area contributed by atoms with Crippen LogP contribution in [-0.2, 0) is 14.8 Å². The van der Waals surface area contributed by atoms with Crippen LogP contribution in [0.25, 0.3) is 11.5 Å². The highest BCUT2D eigenvalue weighted by Crippen LogP contribution is 2.27. The Morgan fingerprint density at radius 2 is 2.00 bits per heavy atom. The Kier molecular flexibility index (Phi) is 6.44. The van der Waals surface area contributed by atoms with Crippen molar-refractivity contribution in [3.63, 3.8) is 0 Å². The number of hydrogen-bond donors (Lipinski definition) is 1. The number of benzene rings is 1. The van der Waals surface area contributed by atoms with Gasteiger partial charge in [0, 0.05) is 18.8 Å². The van der Waals surface area contributed by atoms with Crippen LogP contribution in [0.5, 0.6) is 0 Å². The second-order valence-electron chi connectivity index (χ2n) is 7.09. The lowest BCUT2D eigenvalue weighted by molar-refractivity contribution is -0.113. The van der Waals surface area contributed by atoms with Crippen molar-refractivity contribution in [3.8, 4) is 11.5 Å². The van der Waals surface area contributed by atoms with Crippen LogP contribution in [0.15, 0.2) is 55.5 Å². The zero-order valence-corrected chi connectivity index (χ0v) is 18.5. The Morgan fingerprint density at radius 1 is 1.19 bits per heavy atom. The van der Waals surface area contributed by atoms with Crippen molar-refractivity contribution >= 4 is 33.4 Å². The minimum atomic E-state index is -3.56. The maximum atomic E-state index is 12.8. The van der Waals surface area contributed by atoms with Crippen LogP contribution in [0, 0.1) is 6.92 Å². The number of nitrogens with one attached hydrogen (secondary N) is 1. The number of anilines is 1. The topological polar surface area (TPSA) is 119 Å². The first-order valence-corrected chi connectivity index (χ1v) is 12.3. The van der Waals surface area contributed by atoms with Gasteiger partial charge < -0.3 is 14.2 Å². The van der Waals surface area contributed by atoms with E-state index in [1.54, 1.807) is 31.2 Å². The second kappa shape index (κ2) is 9.25. The third kappa shape index (κ3) is 5.00. The molecule has 1 fully saturated rings. The Balaban J connectivity index is 1.36. The molecule has 1 aliphatic heterocycles. The molecule has 3 heterocycles. The molecule has 2 aromatic heterocycles. The smallest absolute Gasteiger partial charge is 0.277 e. The van der Waals surface area contributed by atoms with Crippen molar-refractivity contribution in [2.75, 3.05) is 24.2 Å². The first-order valence-electron chi connectivity index (χ1n) is 9.84. The Morgan fingerprint density at radius 3 is 2.74 bits per heavy atom. The fraction of sp³-hybridized carbons (Fsp3) is 0.350. The summed E-state index contributed by atoms with van der Waals surface area (Å²) < 4.78 is 37.9. The molecule has 11 heteroatoms. The molecule has 31 heavy (non-hydrogen) atoms. The molecule has 1 N–H and O–H groups in total. The van der Waals surface area contributed by atoms with Gasteiger partial charge in [0.05, 0.1) is 22.5 Å². The molecule has 1 aromatic carbocycles. The molecule has 164 valence electrons. The summed E-state index contributed by atoms with van der Waals surface area (Å²) in [6, 6.07) is 8.04. The van der Waals surface area contributed by atoms with Crippen LogP contribution >= 0.6 is 11.8 Å². The van der Waals surface area contributed by atoms with Gasteiger partial charge in [-0.1, -0.05) is 24.2 Å². The molecule has 0 radical (unpaired) electrons. The maximum Gasteiger partial charge on any atom is 0.277 e. The van der Waals surface area contributed by atoms with Gasteiger partial charge in [-0.3, -0.25) is 4.79 Å². The maximum absolute atomic E-state index is 12.8. The van der Waals surface area contributed by atoms with E-state index >= 15 is 0 Å². The zero-order valence-electron chi connectivity index (χ0n) is 16.9. The molecule has 0 spiro atoms. The predicted molar refractivity (Wildman–Crippen MR) is 115 cm³/mol. The number of rotatable bonds is 7. The van der Waals surface area contributed by atoms with E-state index in [0.717, 1.165) is 31.0 Å². The van der Waals surface area contributed by atoms with E-state index in [1.807, 2.05) is 0 Å². The first kappa shape index (κ1) is 21.6. The third-order valence-electron chi connectivity index (χ3n) is 4.89. The lowest BCUT2D eigenvalue weighted by Gasteiger charge is -2.26. The number of aryl methyl sites for hydroxylation is 1. The molecule has 1 aliphatic rings. The number of carbonyl (C=O) groups excluding carboxylic acids is 1. The molecule has 0 unspecified atom stereocenters. The fourth-order valence-electron chi connectivity index (χ4n) is 3.30. The van der Waals surface area contributed by atoms with Gasteiger partial charge in [-0.25, -0.2) is 8.42 Å². The molecule has 0 atom stereocenters. The number of carbonyl (C=O) groups is 1. The lowest BCUT2D eigenvalue weighted by Crippen LogP contribution is -2.35. The van der Waals surface area contributed by atoms with E-state index in [0.29, 0.717) is 36.0 Å². The Bertz CT molecular complexity index is 1170. The van der Waals surface area contributed by atoms with E-state index in [9.17, 15) is 13.2 Å². The number of hydrogen-bond acceptors (Lipinski definition) is 8. The van der Waals surface area contributed by atoms with Gasteiger partial charge >= 0.3 is 0 Å². The van der Waals surface area contributed by atoms with Crippen LogP contribution in [0.4, 0.5) is 5.69 Å². The number of furan rings is 1. The summed E-state index contributed by atoms with van der Waals surface area (Å²) in [7, 11) is -3.56. The average Bonchev–Trinajstić information content (AvgIpc) is 3.41. The van der Waals surface area contributed by atoms with Crippen molar-refractivity contribution < 1.29 is 22.0 Å². The monoisotopic (exact) mass is 462 g/mol. The molecular weight excluding hydrogens is 440 g/mol. The molecule has 0 aliphatic carbocycles. The normalized spacial score (nSPS) is 15.1. The zero-order chi connectivity index (χ0) is 21.8. The minimum Gasteiger partial charge on any atom is -0.469 e. The summed E-state index contributed by atoms with van der Waals surface area (Å²) >= 11 is 1.09. The summed E-state index contributed by atoms with van der Waals surface area (Å²) in [6.45, 7) is 2.85. The summed E-state index contributed by atoms with van der Waals surface area (Å²) in [5.41, 5.74) is 1.12. The largest absolute Gasteiger partial charge is 0.469 e. The van der Waals surface area contributed by atoms with Crippen LogP contribution in [0.3, 0.4) is 0 Å². The van der Waals surface area contributed by atoms with E-state index in [1.165, 1.54) is 16.6 Å². The Hall–Kier alpha value is -2.63. The van der Waals surface area contributed by atoms with Crippen molar-refractivity contribution in [2.24, 2.45) is 0 Å². The van der Waals surface area contributed by atoms with Gasteiger partial charge in [0.2, 0.25) is 15.9 Å². The summed E-state index contributed by atoms with van der Waals surface area (Å²) in [4.78, 5) is 12.5. The summed E-state index contributed by atoms with van der Waals surface area (Å²) in [6.07, 6.45) is 4.31. The molecule has 3 aromatic rings. The van der Waals surface area contributed by atoms with Crippen LogP contribution < -0.4 is 5.32 Å². The van der Waals surface area contributed by atoms with E-state index in [2.05, 4.69) is 15.5 Å². The summed E-state index contributed by atoms with van der Waals surface area (Å²) in [5.74, 6) is 0.716. The number of thioether (sulfide) groups is 1. The van der Waals surface area contributed by atoms with Crippen molar-refractivity contribution in [2.45, 2.75) is 36.3 Å². The molecule has 4 rings (SSSR count). The van der Waals surface area contributed by atoms with Gasteiger partial charge in [-0.05, 0) is 44.0 Å². The Labute approximate surface area is 184 Å². The van der Waals surface area contributed by atoms with E-state index < -0.39 is 10.0 Å². The highest BCUT2D eigenvalue weighted by molar-refractivity contribution is 7.99. The molecule has 0 saturated carbocycles. The minimum absolute atomic E-state index is 0.0368. The summed E-state index contributed by atoms with van der Waals surface area (Å²) in [5, 5.41) is 10.9. The van der Waals surface area contributed by atoms with Gasteiger partial charge in [-0.2, -0.15) is 4.31 Å². The SMILES string of the molecule is Cc1occc1-c1nnc(SCC(=O)Nc2cccc(S(=O)(=O)N3CCCCC3)c2)o1. The number of nitrogens with zero attached hydrogens (tertiary/aromatic N) is 3. The number of piperidine rings is 1. The van der Waals surface area contributed by atoms with Crippen LogP contribution in [0.1, 0.15) is 25.0 Å². The van der Waals surface area contributed by atoms with E-state index in [-0.39, 0.29) is 21.8 Å². The van der Waals surface area contributed by atoms with Gasteiger partial charge in [-0.15, -0.1) is 10.2 Å². The van der Waals surface area contributed by atoms with Crippen LogP contribution in [0.2, 0.25) is 0 Å².